The first-order chi connectivity index (χ1) is 7.58. The van der Waals surface area contributed by atoms with Crippen molar-refractivity contribution in [3.05, 3.63) is 11.6 Å². The molecule has 1 spiro atoms. The third-order valence-corrected chi connectivity index (χ3v) is 3.19. The lowest BCUT2D eigenvalue weighted by atomic mass is 9.95. The predicted molar refractivity (Wildman–Crippen MR) is 62.1 cm³/mol. The van der Waals surface area contributed by atoms with Gasteiger partial charge in [0.25, 0.3) is 0 Å². The van der Waals surface area contributed by atoms with Gasteiger partial charge >= 0.3 is 0 Å². The molecule has 0 aromatic carbocycles. The van der Waals surface area contributed by atoms with Crippen molar-refractivity contribution >= 4 is 0 Å². The molecule has 3 heteroatoms. The normalized spacial score (nSPS) is 25.6. The van der Waals surface area contributed by atoms with Crippen molar-refractivity contribution in [2.24, 2.45) is 5.41 Å². The second-order valence-electron chi connectivity index (χ2n) is 5.61. The van der Waals surface area contributed by atoms with E-state index in [0.717, 1.165) is 38.9 Å². The Morgan fingerprint density at radius 1 is 1.19 bits per heavy atom. The van der Waals surface area contributed by atoms with E-state index in [0.29, 0.717) is 6.61 Å². The molecule has 1 saturated heterocycles. The standard InChI is InChI=1S/C13H22O3/c1-12(2)9-15-13(16-10-12)8-11(13)6-4-3-5-7-14/h8,14H,3-7,9-10H2,1-2H3. The van der Waals surface area contributed by atoms with Gasteiger partial charge in [0.15, 0.2) is 0 Å². The average molecular weight is 226 g/mol. The fraction of sp³-hybridized carbons (Fsp3) is 0.846. The highest BCUT2D eigenvalue weighted by Crippen LogP contribution is 2.47. The smallest absolute Gasteiger partial charge is 0.211 e. The highest BCUT2D eigenvalue weighted by Gasteiger charge is 2.50. The monoisotopic (exact) mass is 226 g/mol. The highest BCUT2D eigenvalue weighted by atomic mass is 16.7. The van der Waals surface area contributed by atoms with Gasteiger partial charge in [-0.3, -0.25) is 0 Å². The minimum Gasteiger partial charge on any atom is -0.396 e. The van der Waals surface area contributed by atoms with Gasteiger partial charge in [0.05, 0.1) is 13.2 Å². The van der Waals surface area contributed by atoms with Crippen LogP contribution in [0.15, 0.2) is 11.6 Å². The van der Waals surface area contributed by atoms with Crippen LogP contribution in [0.25, 0.3) is 0 Å². The van der Waals surface area contributed by atoms with Crippen LogP contribution < -0.4 is 0 Å². The molecule has 1 N–H and O–H groups in total. The summed E-state index contributed by atoms with van der Waals surface area (Å²) in [6.07, 6.45) is 6.23. The van der Waals surface area contributed by atoms with Crippen LogP contribution in [0.5, 0.6) is 0 Å². The molecule has 1 heterocycles. The molecule has 1 aliphatic heterocycles. The van der Waals surface area contributed by atoms with Crippen LogP contribution in [-0.4, -0.2) is 30.7 Å². The molecule has 2 rings (SSSR count). The molecule has 16 heavy (non-hydrogen) atoms. The van der Waals surface area contributed by atoms with E-state index >= 15 is 0 Å². The van der Waals surface area contributed by atoms with Gasteiger partial charge in [0.2, 0.25) is 5.79 Å². The maximum absolute atomic E-state index is 8.68. The number of ether oxygens (including phenoxy) is 2. The molecule has 0 unspecified atom stereocenters. The number of unbranched alkanes of at least 4 members (excludes halogenated alkanes) is 2. The summed E-state index contributed by atoms with van der Waals surface area (Å²) < 4.78 is 11.6. The fourth-order valence-electron chi connectivity index (χ4n) is 2.00. The number of aliphatic hydroxyl groups excluding tert-OH is 1. The lowest BCUT2D eigenvalue weighted by molar-refractivity contribution is -0.230. The van der Waals surface area contributed by atoms with E-state index in [2.05, 4.69) is 19.9 Å². The van der Waals surface area contributed by atoms with E-state index in [1.807, 2.05) is 0 Å². The molecule has 1 fully saturated rings. The zero-order chi connectivity index (χ0) is 11.6. The second kappa shape index (κ2) is 4.47. The molecule has 0 aromatic rings. The Labute approximate surface area is 97.4 Å². The number of rotatable bonds is 5. The number of hydrogen-bond acceptors (Lipinski definition) is 3. The summed E-state index contributed by atoms with van der Waals surface area (Å²) in [6, 6.07) is 0. The van der Waals surface area contributed by atoms with Gasteiger partial charge in [-0.25, -0.2) is 0 Å². The molecule has 0 atom stereocenters. The van der Waals surface area contributed by atoms with Crippen molar-refractivity contribution in [2.45, 2.75) is 45.3 Å². The Hall–Kier alpha value is -0.380. The zero-order valence-electron chi connectivity index (χ0n) is 10.3. The van der Waals surface area contributed by atoms with Gasteiger partial charge in [0, 0.05) is 12.0 Å². The summed E-state index contributed by atoms with van der Waals surface area (Å²) >= 11 is 0. The van der Waals surface area contributed by atoms with E-state index in [1.165, 1.54) is 5.57 Å². The average Bonchev–Trinajstić information content (AvgIpc) is 2.93. The first kappa shape index (κ1) is 12.1. The van der Waals surface area contributed by atoms with Gasteiger partial charge in [0.1, 0.15) is 0 Å². The minimum absolute atomic E-state index is 0.143. The molecular formula is C13H22O3. The first-order valence-electron chi connectivity index (χ1n) is 6.19. The van der Waals surface area contributed by atoms with Crippen LogP contribution in [0.1, 0.15) is 39.5 Å². The van der Waals surface area contributed by atoms with Crippen LogP contribution >= 0.6 is 0 Å². The maximum Gasteiger partial charge on any atom is 0.211 e. The summed E-state index contributed by atoms with van der Waals surface area (Å²) in [5.41, 5.74) is 1.44. The molecule has 92 valence electrons. The molecule has 1 aliphatic carbocycles. The van der Waals surface area contributed by atoms with Crippen LogP contribution in [0, 0.1) is 5.41 Å². The Bertz CT molecular complexity index is 271. The molecule has 0 radical (unpaired) electrons. The zero-order valence-corrected chi connectivity index (χ0v) is 10.3. The van der Waals surface area contributed by atoms with Gasteiger partial charge < -0.3 is 14.6 Å². The van der Waals surface area contributed by atoms with E-state index in [-0.39, 0.29) is 5.41 Å². The third-order valence-electron chi connectivity index (χ3n) is 3.19. The fourth-order valence-corrected chi connectivity index (χ4v) is 2.00. The van der Waals surface area contributed by atoms with E-state index in [1.54, 1.807) is 0 Å². The van der Waals surface area contributed by atoms with Crippen LogP contribution in [0.2, 0.25) is 0 Å². The van der Waals surface area contributed by atoms with Gasteiger partial charge in [-0.1, -0.05) is 20.3 Å². The van der Waals surface area contributed by atoms with Crippen molar-refractivity contribution in [3.63, 3.8) is 0 Å². The molecule has 0 amide bonds. The van der Waals surface area contributed by atoms with Crippen LogP contribution in [0.4, 0.5) is 0 Å². The molecule has 0 bridgehead atoms. The summed E-state index contributed by atoms with van der Waals surface area (Å²) in [4.78, 5) is 0. The Morgan fingerprint density at radius 2 is 1.88 bits per heavy atom. The van der Waals surface area contributed by atoms with Crippen LogP contribution in [0.3, 0.4) is 0 Å². The Balaban J connectivity index is 1.67. The van der Waals surface area contributed by atoms with Crippen LogP contribution in [-0.2, 0) is 9.47 Å². The largest absolute Gasteiger partial charge is 0.396 e. The maximum atomic E-state index is 8.68. The van der Waals surface area contributed by atoms with Crippen molar-refractivity contribution in [2.75, 3.05) is 19.8 Å². The quantitative estimate of drug-likeness (QED) is 0.577. The molecule has 0 aromatic heterocycles. The first-order valence-corrected chi connectivity index (χ1v) is 6.19. The second-order valence-corrected chi connectivity index (χ2v) is 5.61. The molecule has 0 saturated carbocycles. The number of aliphatic hydroxyl groups is 1. The molecule has 3 nitrogen and oxygen atoms in total. The summed E-state index contributed by atoms with van der Waals surface area (Å²) in [7, 11) is 0. The summed E-state index contributed by atoms with van der Waals surface area (Å²) in [6.45, 7) is 6.14. The minimum atomic E-state index is -0.422. The molecular weight excluding hydrogens is 204 g/mol. The topological polar surface area (TPSA) is 38.7 Å². The lowest BCUT2D eigenvalue weighted by Crippen LogP contribution is -2.40. The third kappa shape index (κ3) is 2.65. The SMILES string of the molecule is CC1(C)COC2(C=C2CCCCCO)OC1. The number of hydrogen-bond donors (Lipinski definition) is 1. The molecule has 2 aliphatic rings. The van der Waals surface area contributed by atoms with Gasteiger partial charge in [-0.05, 0) is 30.9 Å². The predicted octanol–water partition coefficient (Wildman–Crippen LogP) is 2.25. The van der Waals surface area contributed by atoms with E-state index in [4.69, 9.17) is 14.6 Å². The Morgan fingerprint density at radius 3 is 2.50 bits per heavy atom. The van der Waals surface area contributed by atoms with Crippen molar-refractivity contribution in [1.82, 2.24) is 0 Å². The van der Waals surface area contributed by atoms with Gasteiger partial charge in [-0.15, -0.1) is 0 Å². The highest BCUT2D eigenvalue weighted by molar-refractivity contribution is 5.39. The van der Waals surface area contributed by atoms with E-state index in [9.17, 15) is 0 Å². The Kier molecular flexibility index (Phi) is 3.38. The lowest BCUT2D eigenvalue weighted by Gasteiger charge is -2.36. The van der Waals surface area contributed by atoms with Gasteiger partial charge in [-0.2, -0.15) is 0 Å². The van der Waals surface area contributed by atoms with Crippen molar-refractivity contribution < 1.29 is 14.6 Å². The van der Waals surface area contributed by atoms with Crippen molar-refractivity contribution in [3.8, 4) is 0 Å². The summed E-state index contributed by atoms with van der Waals surface area (Å²) in [5, 5.41) is 8.68. The van der Waals surface area contributed by atoms with Crippen molar-refractivity contribution in [1.29, 1.82) is 0 Å². The summed E-state index contributed by atoms with van der Waals surface area (Å²) in [5.74, 6) is -0.422. The van der Waals surface area contributed by atoms with E-state index < -0.39 is 5.79 Å².